The molecule has 1 aromatic carbocycles. The van der Waals surface area contributed by atoms with Gasteiger partial charge in [0.05, 0.1) is 19.9 Å². The zero-order valence-corrected chi connectivity index (χ0v) is 8.63. The fraction of sp³-hybridized carbons (Fsp3) is 0.400. The second kappa shape index (κ2) is 4.72. The van der Waals surface area contributed by atoms with E-state index in [4.69, 9.17) is 14.7 Å². The number of anilines is 1. The van der Waals surface area contributed by atoms with Gasteiger partial charge in [-0.2, -0.15) is 0 Å². The summed E-state index contributed by atoms with van der Waals surface area (Å²) in [5.74, 6) is 1.27. The smallest absolute Gasteiger partial charge is 0.162 e. The fourth-order valence-corrected chi connectivity index (χ4v) is 1.32. The Kier molecular flexibility index (Phi) is 3.59. The van der Waals surface area contributed by atoms with E-state index in [1.165, 1.54) is 0 Å². The second-order valence-electron chi connectivity index (χ2n) is 2.83. The summed E-state index contributed by atoms with van der Waals surface area (Å²) < 4.78 is 10.2. The van der Waals surface area contributed by atoms with Gasteiger partial charge in [0.25, 0.3) is 0 Å². The molecule has 0 aliphatic heterocycles. The van der Waals surface area contributed by atoms with Crippen LogP contribution in [0, 0.1) is 0 Å². The van der Waals surface area contributed by atoms with Gasteiger partial charge in [0, 0.05) is 6.07 Å². The number of hydrogen-bond acceptors (Lipinski definition) is 4. The van der Waals surface area contributed by atoms with Gasteiger partial charge in [-0.1, -0.05) is 6.92 Å². The minimum Gasteiger partial charge on any atom is -0.493 e. The van der Waals surface area contributed by atoms with Crippen molar-refractivity contribution in [3.05, 3.63) is 17.7 Å². The van der Waals surface area contributed by atoms with Crippen LogP contribution in [0.4, 0.5) is 5.69 Å². The molecule has 2 N–H and O–H groups in total. The van der Waals surface area contributed by atoms with Crippen LogP contribution in [0.15, 0.2) is 12.1 Å². The highest BCUT2D eigenvalue weighted by Gasteiger charge is 2.08. The predicted molar refractivity (Wildman–Crippen MR) is 54.3 cm³/mol. The molecule has 0 heterocycles. The van der Waals surface area contributed by atoms with Gasteiger partial charge in [-0.3, -0.25) is 10.7 Å². The van der Waals surface area contributed by atoms with E-state index in [1.807, 2.05) is 13.0 Å². The molecule has 0 amide bonds. The topological polar surface area (TPSA) is 50.7 Å². The molecule has 14 heavy (non-hydrogen) atoms. The van der Waals surface area contributed by atoms with Gasteiger partial charge >= 0.3 is 0 Å². The Hall–Kier alpha value is -1.42. The van der Waals surface area contributed by atoms with E-state index in [0.29, 0.717) is 17.2 Å². The predicted octanol–water partition coefficient (Wildman–Crippen LogP) is 2.07. The number of rotatable bonds is 4. The lowest BCUT2D eigenvalue weighted by Gasteiger charge is -2.12. The molecule has 0 unspecified atom stereocenters. The second-order valence-corrected chi connectivity index (χ2v) is 2.83. The van der Waals surface area contributed by atoms with Crippen molar-refractivity contribution in [2.24, 2.45) is 0 Å². The third-order valence-electron chi connectivity index (χ3n) is 2.11. The third-order valence-corrected chi connectivity index (χ3v) is 2.11. The highest BCUT2D eigenvalue weighted by atomic mass is 16.5. The van der Waals surface area contributed by atoms with Gasteiger partial charge < -0.3 is 9.47 Å². The SMILES string of the molecule is CCc1cc(OC)c(OC)cc1NO. The lowest BCUT2D eigenvalue weighted by Crippen LogP contribution is -1.98. The maximum atomic E-state index is 8.89. The van der Waals surface area contributed by atoms with Crippen LogP contribution in [0.2, 0.25) is 0 Å². The molecule has 0 radical (unpaired) electrons. The van der Waals surface area contributed by atoms with E-state index in [0.717, 1.165) is 12.0 Å². The molecule has 0 saturated carbocycles. The van der Waals surface area contributed by atoms with Crippen LogP contribution >= 0.6 is 0 Å². The summed E-state index contributed by atoms with van der Waals surface area (Å²) in [6.07, 6.45) is 0.809. The van der Waals surface area contributed by atoms with Crippen molar-refractivity contribution >= 4 is 5.69 Å². The Balaban J connectivity index is 3.20. The summed E-state index contributed by atoms with van der Waals surface area (Å²) in [6.45, 7) is 2.00. The molecule has 1 rings (SSSR count). The molecule has 0 aromatic heterocycles. The fourth-order valence-electron chi connectivity index (χ4n) is 1.32. The summed E-state index contributed by atoms with van der Waals surface area (Å²) in [7, 11) is 3.15. The summed E-state index contributed by atoms with van der Waals surface area (Å²) >= 11 is 0. The van der Waals surface area contributed by atoms with Gasteiger partial charge in [-0.15, -0.1) is 0 Å². The zero-order chi connectivity index (χ0) is 10.6. The van der Waals surface area contributed by atoms with Crippen molar-refractivity contribution in [1.82, 2.24) is 0 Å². The minimum atomic E-state index is 0.598. The molecule has 78 valence electrons. The van der Waals surface area contributed by atoms with Gasteiger partial charge in [0.2, 0.25) is 0 Å². The van der Waals surface area contributed by atoms with Crippen molar-refractivity contribution in [1.29, 1.82) is 0 Å². The van der Waals surface area contributed by atoms with Crippen LogP contribution < -0.4 is 15.0 Å². The van der Waals surface area contributed by atoms with Crippen LogP contribution in [-0.2, 0) is 6.42 Å². The quantitative estimate of drug-likeness (QED) is 0.725. The Morgan fingerprint density at radius 1 is 1.21 bits per heavy atom. The molecule has 0 aliphatic rings. The normalized spacial score (nSPS) is 9.71. The van der Waals surface area contributed by atoms with Gasteiger partial charge in [-0.05, 0) is 18.1 Å². The molecule has 4 heteroatoms. The van der Waals surface area contributed by atoms with Crippen LogP contribution in [0.5, 0.6) is 11.5 Å². The maximum Gasteiger partial charge on any atom is 0.162 e. The van der Waals surface area contributed by atoms with Gasteiger partial charge in [0.1, 0.15) is 0 Å². The zero-order valence-electron chi connectivity index (χ0n) is 8.63. The Bertz CT molecular complexity index is 254. The number of ether oxygens (including phenoxy) is 2. The number of hydrogen-bond donors (Lipinski definition) is 2. The molecule has 0 saturated heterocycles. The van der Waals surface area contributed by atoms with E-state index in [1.54, 1.807) is 20.3 Å². The van der Waals surface area contributed by atoms with E-state index in [9.17, 15) is 0 Å². The van der Waals surface area contributed by atoms with Gasteiger partial charge in [0.15, 0.2) is 11.5 Å². The third kappa shape index (κ3) is 1.90. The van der Waals surface area contributed by atoms with Crippen LogP contribution in [-0.4, -0.2) is 19.4 Å². The van der Waals surface area contributed by atoms with E-state index in [-0.39, 0.29) is 0 Å². The molecule has 0 atom stereocenters. The molecular formula is C10H15NO3. The molecule has 0 bridgehead atoms. The molecular weight excluding hydrogens is 182 g/mol. The largest absolute Gasteiger partial charge is 0.493 e. The van der Waals surface area contributed by atoms with Crippen molar-refractivity contribution < 1.29 is 14.7 Å². The molecule has 4 nitrogen and oxygen atoms in total. The van der Waals surface area contributed by atoms with Crippen LogP contribution in [0.1, 0.15) is 12.5 Å². The van der Waals surface area contributed by atoms with Crippen molar-refractivity contribution in [2.45, 2.75) is 13.3 Å². The number of nitrogens with one attached hydrogen (secondary N) is 1. The number of methoxy groups -OCH3 is 2. The Morgan fingerprint density at radius 2 is 1.79 bits per heavy atom. The van der Waals surface area contributed by atoms with E-state index < -0.39 is 0 Å². The first-order chi connectivity index (χ1) is 6.76. The first-order valence-corrected chi connectivity index (χ1v) is 4.41. The molecule has 0 fully saturated rings. The monoisotopic (exact) mass is 197 g/mol. The van der Waals surface area contributed by atoms with Crippen molar-refractivity contribution in [3.63, 3.8) is 0 Å². The first kappa shape index (κ1) is 10.7. The Labute approximate surface area is 83.4 Å². The van der Waals surface area contributed by atoms with E-state index >= 15 is 0 Å². The van der Waals surface area contributed by atoms with Gasteiger partial charge in [-0.25, -0.2) is 0 Å². The highest BCUT2D eigenvalue weighted by molar-refractivity contribution is 5.59. The summed E-state index contributed by atoms with van der Waals surface area (Å²) in [5, 5.41) is 8.89. The Morgan fingerprint density at radius 3 is 2.21 bits per heavy atom. The van der Waals surface area contributed by atoms with Crippen molar-refractivity contribution in [2.75, 3.05) is 19.7 Å². The van der Waals surface area contributed by atoms with E-state index in [2.05, 4.69) is 5.48 Å². The molecule has 1 aromatic rings. The number of benzene rings is 1. The highest BCUT2D eigenvalue weighted by Crippen LogP contribution is 2.33. The average Bonchev–Trinajstić information content (AvgIpc) is 2.26. The maximum absolute atomic E-state index is 8.89. The lowest BCUT2D eigenvalue weighted by atomic mass is 10.1. The summed E-state index contributed by atoms with van der Waals surface area (Å²) in [5.41, 5.74) is 3.76. The van der Waals surface area contributed by atoms with Crippen LogP contribution in [0.25, 0.3) is 0 Å². The van der Waals surface area contributed by atoms with Crippen LogP contribution in [0.3, 0.4) is 0 Å². The summed E-state index contributed by atoms with van der Waals surface area (Å²) in [4.78, 5) is 0. The minimum absolute atomic E-state index is 0.598. The summed E-state index contributed by atoms with van der Waals surface area (Å²) in [6, 6.07) is 3.55. The average molecular weight is 197 g/mol. The molecule has 0 spiro atoms. The molecule has 0 aliphatic carbocycles. The van der Waals surface area contributed by atoms with Crippen molar-refractivity contribution in [3.8, 4) is 11.5 Å². The number of aryl methyl sites for hydroxylation is 1. The standard InChI is InChI=1S/C10H15NO3/c1-4-7-5-9(13-2)10(14-3)6-8(7)11-12/h5-6,11-12H,4H2,1-3H3. The first-order valence-electron chi connectivity index (χ1n) is 4.41. The lowest BCUT2D eigenvalue weighted by molar-refractivity contribution is 0.352.